The third kappa shape index (κ3) is 5.35. The lowest BCUT2D eigenvalue weighted by Gasteiger charge is -2.30. The second-order valence-electron chi connectivity index (χ2n) is 7.05. The number of carbonyl (C=O) groups is 1. The summed E-state index contributed by atoms with van der Waals surface area (Å²) in [7, 11) is 0. The van der Waals surface area contributed by atoms with Gasteiger partial charge in [0.25, 0.3) is 11.6 Å². The Morgan fingerprint density at radius 1 is 1.30 bits per heavy atom. The van der Waals surface area contributed by atoms with E-state index in [1.54, 1.807) is 6.07 Å². The number of hydrogen-bond donors (Lipinski definition) is 2. The molecular formula is C21H21N5O5S2. The molecule has 2 N–H and O–H groups in total. The van der Waals surface area contributed by atoms with Gasteiger partial charge in [0.05, 0.1) is 46.2 Å². The highest BCUT2D eigenvalue weighted by Crippen LogP contribution is 2.30. The van der Waals surface area contributed by atoms with E-state index in [4.69, 9.17) is 21.7 Å². The fourth-order valence-corrected chi connectivity index (χ4v) is 4.57. The third-order valence-corrected chi connectivity index (χ3v) is 6.04. The molecule has 2 aromatic carbocycles. The minimum atomic E-state index is -0.544. The van der Waals surface area contributed by atoms with Crippen molar-refractivity contribution in [2.75, 3.05) is 43.1 Å². The molecule has 0 aliphatic carbocycles. The van der Waals surface area contributed by atoms with Crippen LogP contribution in [0.4, 0.5) is 16.5 Å². The number of carbonyl (C=O) groups excluding carboxylic acids is 1. The van der Waals surface area contributed by atoms with Gasteiger partial charge in [-0.15, -0.1) is 0 Å². The van der Waals surface area contributed by atoms with E-state index in [-0.39, 0.29) is 16.4 Å². The lowest BCUT2D eigenvalue weighted by atomic mass is 10.1. The zero-order chi connectivity index (χ0) is 23.4. The summed E-state index contributed by atoms with van der Waals surface area (Å²) in [5.41, 5.74) is 1.36. The number of amides is 1. The molecule has 12 heteroatoms. The Balaban J connectivity index is 1.51. The van der Waals surface area contributed by atoms with Crippen LogP contribution in [0, 0.1) is 10.1 Å². The van der Waals surface area contributed by atoms with E-state index < -0.39 is 10.8 Å². The first-order valence-electron chi connectivity index (χ1n) is 10.2. The number of nitrogens with zero attached hydrogens (tertiary/aromatic N) is 3. The van der Waals surface area contributed by atoms with Crippen molar-refractivity contribution in [3.8, 4) is 5.75 Å². The van der Waals surface area contributed by atoms with Gasteiger partial charge in [-0.05, 0) is 43.4 Å². The Labute approximate surface area is 198 Å². The molecule has 0 spiro atoms. The maximum absolute atomic E-state index is 13.0. The molecule has 1 fully saturated rings. The lowest BCUT2D eigenvalue weighted by Crippen LogP contribution is -2.39. The molecule has 3 aromatic rings. The van der Waals surface area contributed by atoms with E-state index >= 15 is 0 Å². The number of morpholine rings is 1. The van der Waals surface area contributed by atoms with Crippen molar-refractivity contribution >= 4 is 61.3 Å². The van der Waals surface area contributed by atoms with Crippen molar-refractivity contribution in [3.05, 3.63) is 52.1 Å². The van der Waals surface area contributed by atoms with Crippen LogP contribution < -0.4 is 20.3 Å². The highest BCUT2D eigenvalue weighted by atomic mass is 32.1. The second-order valence-corrected chi connectivity index (χ2v) is 8.49. The normalized spacial score (nSPS) is 13.5. The Kier molecular flexibility index (Phi) is 6.96. The number of thiazole rings is 1. The van der Waals surface area contributed by atoms with Gasteiger partial charge < -0.3 is 19.7 Å². The van der Waals surface area contributed by atoms with Crippen LogP contribution in [0.2, 0.25) is 0 Å². The molecule has 10 nitrogen and oxygen atoms in total. The highest BCUT2D eigenvalue weighted by molar-refractivity contribution is 7.80. The van der Waals surface area contributed by atoms with Gasteiger partial charge in [0.15, 0.2) is 10.2 Å². The average molecular weight is 488 g/mol. The number of fused-ring (bicyclic) bond motifs is 1. The van der Waals surface area contributed by atoms with E-state index in [0.717, 1.165) is 16.0 Å². The molecule has 33 heavy (non-hydrogen) atoms. The predicted molar refractivity (Wildman–Crippen MR) is 131 cm³/mol. The summed E-state index contributed by atoms with van der Waals surface area (Å²) < 4.78 is 11.8. The first-order valence-corrected chi connectivity index (χ1v) is 11.4. The quantitative estimate of drug-likeness (QED) is 0.305. The van der Waals surface area contributed by atoms with Crippen molar-refractivity contribution in [2.24, 2.45) is 0 Å². The summed E-state index contributed by atoms with van der Waals surface area (Å²) in [6.45, 7) is 4.67. The van der Waals surface area contributed by atoms with Gasteiger partial charge in [-0.3, -0.25) is 20.2 Å². The molecule has 0 unspecified atom stereocenters. The number of non-ortho nitro benzene ring substituents is 1. The minimum Gasteiger partial charge on any atom is -0.494 e. The summed E-state index contributed by atoms with van der Waals surface area (Å²) in [6, 6.07) is 9.80. The average Bonchev–Trinajstić information content (AvgIpc) is 3.20. The predicted octanol–water partition coefficient (Wildman–Crippen LogP) is 3.57. The van der Waals surface area contributed by atoms with Gasteiger partial charge in [0, 0.05) is 25.2 Å². The summed E-state index contributed by atoms with van der Waals surface area (Å²) in [5.74, 6) is 0.204. The van der Waals surface area contributed by atoms with Crippen LogP contribution in [0.1, 0.15) is 17.3 Å². The first kappa shape index (κ1) is 22.8. The molecule has 0 bridgehead atoms. The number of benzene rings is 2. The topological polar surface area (TPSA) is 119 Å². The van der Waals surface area contributed by atoms with Crippen LogP contribution in [-0.2, 0) is 4.74 Å². The lowest BCUT2D eigenvalue weighted by molar-refractivity contribution is -0.384. The molecule has 172 valence electrons. The summed E-state index contributed by atoms with van der Waals surface area (Å²) in [6.07, 6.45) is 0. The van der Waals surface area contributed by atoms with Crippen LogP contribution in [0.3, 0.4) is 0 Å². The fourth-order valence-electron chi connectivity index (χ4n) is 3.41. The van der Waals surface area contributed by atoms with Gasteiger partial charge in [-0.1, -0.05) is 11.3 Å². The standard InChI is InChI=1S/C21H21N5O5S2/c1-2-31-14-4-5-16-18(12-14)33-21(22-16)24-20(32)23-19(27)15-11-13(26(28)29)3-6-17(15)25-7-9-30-10-8-25/h3-6,11-12H,2,7-10H2,1H3,(H2,22,23,24,27,32). The Morgan fingerprint density at radius 2 is 2.09 bits per heavy atom. The molecule has 1 amide bonds. The van der Waals surface area contributed by atoms with Crippen LogP contribution >= 0.6 is 23.6 Å². The fraction of sp³-hybridized carbons (Fsp3) is 0.286. The van der Waals surface area contributed by atoms with Crippen molar-refractivity contribution in [1.29, 1.82) is 0 Å². The molecule has 0 saturated carbocycles. The number of thiocarbonyl (C=S) groups is 1. The zero-order valence-electron chi connectivity index (χ0n) is 17.7. The number of ether oxygens (including phenoxy) is 2. The van der Waals surface area contributed by atoms with Crippen molar-refractivity contribution in [1.82, 2.24) is 10.3 Å². The van der Waals surface area contributed by atoms with E-state index in [2.05, 4.69) is 15.6 Å². The molecule has 1 saturated heterocycles. The van der Waals surface area contributed by atoms with Gasteiger partial charge in [0.2, 0.25) is 0 Å². The smallest absolute Gasteiger partial charge is 0.270 e. The van der Waals surface area contributed by atoms with Gasteiger partial charge in [-0.25, -0.2) is 4.98 Å². The molecule has 0 radical (unpaired) electrons. The monoisotopic (exact) mass is 487 g/mol. The Hall–Kier alpha value is -3.35. The van der Waals surface area contributed by atoms with Gasteiger partial charge in [-0.2, -0.15) is 0 Å². The summed E-state index contributed by atoms with van der Waals surface area (Å²) in [4.78, 5) is 30.2. The third-order valence-electron chi connectivity index (χ3n) is 4.91. The van der Waals surface area contributed by atoms with Gasteiger partial charge >= 0.3 is 0 Å². The number of aromatic nitrogens is 1. The maximum atomic E-state index is 13.0. The molecule has 1 aliphatic heterocycles. The number of nitrogens with one attached hydrogen (secondary N) is 2. The SMILES string of the molecule is CCOc1ccc2nc(NC(=S)NC(=O)c3cc([N+](=O)[O-])ccc3N3CCOCC3)sc2c1. The molecular weight excluding hydrogens is 466 g/mol. The van der Waals surface area contributed by atoms with Crippen LogP contribution in [-0.4, -0.2) is 53.8 Å². The molecule has 4 rings (SSSR count). The number of hydrogen-bond acceptors (Lipinski definition) is 9. The number of nitro groups is 1. The second kappa shape index (κ2) is 10.1. The number of nitro benzene ring substituents is 1. The van der Waals surface area contributed by atoms with E-state index in [0.29, 0.717) is 43.7 Å². The number of anilines is 2. The molecule has 1 aliphatic rings. The Bertz CT molecular complexity index is 1210. The maximum Gasteiger partial charge on any atom is 0.270 e. The summed E-state index contributed by atoms with van der Waals surface area (Å²) in [5, 5.41) is 17.3. The Morgan fingerprint density at radius 3 is 2.82 bits per heavy atom. The first-order chi connectivity index (χ1) is 15.9. The highest BCUT2D eigenvalue weighted by Gasteiger charge is 2.23. The van der Waals surface area contributed by atoms with Crippen LogP contribution in [0.25, 0.3) is 10.2 Å². The van der Waals surface area contributed by atoms with Crippen molar-refractivity contribution < 1.29 is 19.2 Å². The van der Waals surface area contributed by atoms with E-state index in [9.17, 15) is 14.9 Å². The number of rotatable bonds is 6. The van der Waals surface area contributed by atoms with Crippen molar-refractivity contribution in [2.45, 2.75) is 6.92 Å². The zero-order valence-corrected chi connectivity index (χ0v) is 19.3. The summed E-state index contributed by atoms with van der Waals surface area (Å²) >= 11 is 6.67. The minimum absolute atomic E-state index is 0.0449. The van der Waals surface area contributed by atoms with E-state index in [1.807, 2.05) is 30.0 Å². The molecule has 1 aromatic heterocycles. The molecule has 2 heterocycles. The van der Waals surface area contributed by atoms with Crippen LogP contribution in [0.15, 0.2) is 36.4 Å². The van der Waals surface area contributed by atoms with E-state index in [1.165, 1.54) is 23.5 Å². The van der Waals surface area contributed by atoms with Crippen LogP contribution in [0.5, 0.6) is 5.75 Å². The van der Waals surface area contributed by atoms with Crippen molar-refractivity contribution in [3.63, 3.8) is 0 Å². The molecule has 0 atom stereocenters. The van der Waals surface area contributed by atoms with Gasteiger partial charge in [0.1, 0.15) is 5.75 Å². The largest absolute Gasteiger partial charge is 0.494 e.